The van der Waals surface area contributed by atoms with Crippen LogP contribution in [0.1, 0.15) is 11.3 Å². The monoisotopic (exact) mass is 297 g/mol. The molecular formula is C21H15NO. The molecule has 2 heterocycles. The Morgan fingerprint density at radius 2 is 1.65 bits per heavy atom. The topological polar surface area (TPSA) is 25.0 Å². The van der Waals surface area contributed by atoms with Crippen molar-refractivity contribution in [3.05, 3.63) is 84.1 Å². The first-order valence-electron chi connectivity index (χ1n) is 7.83. The Morgan fingerprint density at radius 1 is 0.826 bits per heavy atom. The summed E-state index contributed by atoms with van der Waals surface area (Å²) in [6.45, 7) is 0.607. The molecular weight excluding hydrogens is 282 g/mol. The van der Waals surface area contributed by atoms with E-state index >= 15 is 0 Å². The van der Waals surface area contributed by atoms with Crippen molar-refractivity contribution in [2.45, 2.75) is 0 Å². The molecule has 0 saturated heterocycles. The quantitative estimate of drug-likeness (QED) is 0.516. The normalized spacial score (nSPS) is 13.7. The number of H-pyrrole nitrogens is 1. The molecule has 2 heteroatoms. The first kappa shape index (κ1) is 12.5. The summed E-state index contributed by atoms with van der Waals surface area (Å²) in [7, 11) is 0. The van der Waals surface area contributed by atoms with Gasteiger partial charge in [-0.1, -0.05) is 48.5 Å². The number of fused-ring (bicyclic) bond motifs is 4. The van der Waals surface area contributed by atoms with Gasteiger partial charge in [0, 0.05) is 27.7 Å². The highest BCUT2D eigenvalue weighted by atomic mass is 16.5. The van der Waals surface area contributed by atoms with E-state index < -0.39 is 0 Å². The fourth-order valence-electron chi connectivity index (χ4n) is 3.43. The van der Waals surface area contributed by atoms with Crippen LogP contribution < -0.4 is 4.74 Å². The van der Waals surface area contributed by atoms with E-state index in [1.54, 1.807) is 0 Å². The molecule has 5 rings (SSSR count). The van der Waals surface area contributed by atoms with Crippen LogP contribution in [0.15, 0.2) is 72.8 Å². The maximum absolute atomic E-state index is 5.87. The van der Waals surface area contributed by atoms with Crippen molar-refractivity contribution < 1.29 is 4.74 Å². The molecule has 1 aliphatic heterocycles. The van der Waals surface area contributed by atoms with Crippen LogP contribution in [0, 0.1) is 0 Å². The molecule has 3 aromatic carbocycles. The molecule has 0 saturated carbocycles. The zero-order chi connectivity index (χ0) is 15.2. The second-order valence-corrected chi connectivity index (χ2v) is 5.86. The Kier molecular flexibility index (Phi) is 2.59. The standard InChI is InChI=1S/C21H15NO/c1-3-7-16-14(5-1)9-10-20-21(16)17(11-12-23-20)19-13-15-6-2-4-8-18(15)22-19/h1-11,13,22H,12H2. The highest BCUT2D eigenvalue weighted by molar-refractivity contribution is 6.01. The van der Waals surface area contributed by atoms with E-state index in [9.17, 15) is 0 Å². The van der Waals surface area contributed by atoms with Gasteiger partial charge in [0.05, 0.1) is 0 Å². The third-order valence-corrected chi connectivity index (χ3v) is 4.51. The molecule has 0 unspecified atom stereocenters. The van der Waals surface area contributed by atoms with Crippen LogP contribution in [0.25, 0.3) is 27.2 Å². The number of aromatic amines is 1. The highest BCUT2D eigenvalue weighted by Gasteiger charge is 2.19. The third-order valence-electron chi connectivity index (χ3n) is 4.51. The average Bonchev–Trinajstić information content (AvgIpc) is 3.05. The molecule has 0 bridgehead atoms. The SMILES string of the molecule is C1=C(c2cc3ccccc3[nH]2)c2c(ccc3ccccc23)OC1. The lowest BCUT2D eigenvalue weighted by molar-refractivity contribution is 0.358. The van der Waals surface area contributed by atoms with Crippen molar-refractivity contribution in [2.75, 3.05) is 6.61 Å². The summed E-state index contributed by atoms with van der Waals surface area (Å²) in [5.41, 5.74) is 4.71. The van der Waals surface area contributed by atoms with E-state index in [1.807, 2.05) is 0 Å². The summed E-state index contributed by atoms with van der Waals surface area (Å²) in [5, 5.41) is 3.70. The van der Waals surface area contributed by atoms with Crippen LogP contribution in [0.5, 0.6) is 5.75 Å². The molecule has 4 aromatic rings. The lowest BCUT2D eigenvalue weighted by atomic mass is 9.93. The minimum Gasteiger partial charge on any atom is -0.489 e. The summed E-state index contributed by atoms with van der Waals surface area (Å²) < 4.78 is 5.87. The van der Waals surface area contributed by atoms with Gasteiger partial charge in [0.25, 0.3) is 0 Å². The van der Waals surface area contributed by atoms with Gasteiger partial charge in [0.15, 0.2) is 0 Å². The van der Waals surface area contributed by atoms with Gasteiger partial charge in [-0.2, -0.15) is 0 Å². The number of hydrogen-bond donors (Lipinski definition) is 1. The number of ether oxygens (including phenoxy) is 1. The van der Waals surface area contributed by atoms with Crippen molar-refractivity contribution in [1.29, 1.82) is 0 Å². The lowest BCUT2D eigenvalue weighted by Gasteiger charge is -2.20. The minimum absolute atomic E-state index is 0.607. The second kappa shape index (κ2) is 4.75. The molecule has 0 fully saturated rings. The van der Waals surface area contributed by atoms with E-state index in [-0.39, 0.29) is 0 Å². The molecule has 1 N–H and O–H groups in total. The Bertz CT molecular complexity index is 1040. The predicted octanol–water partition coefficient (Wildman–Crippen LogP) is 5.15. The van der Waals surface area contributed by atoms with Crippen LogP contribution in [0.4, 0.5) is 0 Å². The van der Waals surface area contributed by atoms with Crippen molar-refractivity contribution in [3.8, 4) is 5.75 Å². The van der Waals surface area contributed by atoms with Crippen LogP contribution >= 0.6 is 0 Å². The first-order valence-corrected chi connectivity index (χ1v) is 7.83. The van der Waals surface area contributed by atoms with E-state index in [1.165, 1.54) is 27.3 Å². The van der Waals surface area contributed by atoms with Gasteiger partial charge < -0.3 is 9.72 Å². The van der Waals surface area contributed by atoms with Crippen molar-refractivity contribution in [2.24, 2.45) is 0 Å². The Labute approximate surface area is 134 Å². The van der Waals surface area contributed by atoms with Gasteiger partial charge in [-0.15, -0.1) is 0 Å². The summed E-state index contributed by atoms with van der Waals surface area (Å²) in [4.78, 5) is 3.55. The van der Waals surface area contributed by atoms with E-state index in [0.717, 1.165) is 17.0 Å². The van der Waals surface area contributed by atoms with Gasteiger partial charge in [-0.3, -0.25) is 0 Å². The summed E-state index contributed by atoms with van der Waals surface area (Å²) in [6, 6.07) is 23.3. The Balaban J connectivity index is 1.79. The number of nitrogens with one attached hydrogen (secondary N) is 1. The predicted molar refractivity (Wildman–Crippen MR) is 94.8 cm³/mol. The molecule has 2 nitrogen and oxygen atoms in total. The second-order valence-electron chi connectivity index (χ2n) is 5.86. The van der Waals surface area contributed by atoms with Gasteiger partial charge in [0.2, 0.25) is 0 Å². The van der Waals surface area contributed by atoms with Crippen molar-refractivity contribution in [1.82, 2.24) is 4.98 Å². The number of hydrogen-bond acceptors (Lipinski definition) is 1. The van der Waals surface area contributed by atoms with Crippen molar-refractivity contribution in [3.63, 3.8) is 0 Å². The fourth-order valence-corrected chi connectivity index (χ4v) is 3.43. The Hall–Kier alpha value is -3.00. The molecule has 0 aliphatic carbocycles. The number of benzene rings is 3. The molecule has 23 heavy (non-hydrogen) atoms. The van der Waals surface area contributed by atoms with E-state index in [2.05, 4.69) is 77.8 Å². The average molecular weight is 297 g/mol. The van der Waals surface area contributed by atoms with Crippen LogP contribution in [0.3, 0.4) is 0 Å². The zero-order valence-electron chi connectivity index (χ0n) is 12.5. The maximum Gasteiger partial charge on any atom is 0.128 e. The van der Waals surface area contributed by atoms with Crippen LogP contribution in [-0.4, -0.2) is 11.6 Å². The van der Waals surface area contributed by atoms with Crippen LogP contribution in [0.2, 0.25) is 0 Å². The third kappa shape index (κ3) is 1.88. The molecule has 110 valence electrons. The van der Waals surface area contributed by atoms with Crippen LogP contribution in [-0.2, 0) is 0 Å². The smallest absolute Gasteiger partial charge is 0.128 e. The summed E-state index contributed by atoms with van der Waals surface area (Å²) in [5.74, 6) is 0.958. The summed E-state index contributed by atoms with van der Waals surface area (Å²) >= 11 is 0. The molecule has 0 radical (unpaired) electrons. The number of rotatable bonds is 1. The van der Waals surface area contributed by atoms with Gasteiger partial charge in [0.1, 0.15) is 12.4 Å². The van der Waals surface area contributed by atoms with E-state index in [0.29, 0.717) is 6.61 Å². The van der Waals surface area contributed by atoms with E-state index in [4.69, 9.17) is 4.74 Å². The van der Waals surface area contributed by atoms with Crippen molar-refractivity contribution >= 4 is 27.2 Å². The molecule has 1 aromatic heterocycles. The molecule has 0 spiro atoms. The van der Waals surface area contributed by atoms with Gasteiger partial charge >= 0.3 is 0 Å². The zero-order valence-corrected chi connectivity index (χ0v) is 12.5. The maximum atomic E-state index is 5.87. The number of aromatic nitrogens is 1. The largest absolute Gasteiger partial charge is 0.489 e. The Morgan fingerprint density at radius 3 is 2.57 bits per heavy atom. The molecule has 1 aliphatic rings. The first-order chi connectivity index (χ1) is 11.4. The molecule has 0 atom stereocenters. The lowest BCUT2D eigenvalue weighted by Crippen LogP contribution is -2.06. The van der Waals surface area contributed by atoms with Gasteiger partial charge in [-0.25, -0.2) is 0 Å². The summed E-state index contributed by atoms with van der Waals surface area (Å²) in [6.07, 6.45) is 2.17. The molecule has 0 amide bonds. The highest BCUT2D eigenvalue weighted by Crippen LogP contribution is 2.39. The van der Waals surface area contributed by atoms with Gasteiger partial charge in [-0.05, 0) is 35.0 Å². The minimum atomic E-state index is 0.607. The fraction of sp³-hybridized carbons (Fsp3) is 0.0476. The number of para-hydroxylation sites is 1.